The predicted molar refractivity (Wildman–Crippen MR) is 64.0 cm³/mol. The standard InChI is InChI=1S/C9H18N2OS2/c10-8-3-11(4-9(8)12)7-5-13-1-2-14-6-7/h7-9,12H,1-6,10H2/t8-,9-/m1/s1. The third-order valence-electron chi connectivity index (χ3n) is 2.87. The molecule has 2 fully saturated rings. The van der Waals surface area contributed by atoms with Crippen molar-refractivity contribution in [3.8, 4) is 0 Å². The largest absolute Gasteiger partial charge is 0.390 e. The molecule has 14 heavy (non-hydrogen) atoms. The van der Waals surface area contributed by atoms with Gasteiger partial charge in [0.2, 0.25) is 0 Å². The van der Waals surface area contributed by atoms with Crippen LogP contribution in [-0.2, 0) is 0 Å². The number of hydrogen-bond acceptors (Lipinski definition) is 5. The zero-order chi connectivity index (χ0) is 9.97. The molecule has 0 aromatic rings. The van der Waals surface area contributed by atoms with Gasteiger partial charge in [-0.25, -0.2) is 0 Å². The molecule has 2 atom stereocenters. The average Bonchev–Trinajstić information content (AvgIpc) is 2.46. The SMILES string of the molecule is N[C@@H]1CN(C2CSCCSC2)C[C@H]1O. The van der Waals surface area contributed by atoms with Gasteiger partial charge in [-0.3, -0.25) is 4.90 Å². The molecule has 0 aliphatic carbocycles. The Bertz CT molecular complexity index is 176. The van der Waals surface area contributed by atoms with E-state index in [0.29, 0.717) is 6.04 Å². The molecule has 0 aromatic heterocycles. The van der Waals surface area contributed by atoms with Crippen molar-refractivity contribution in [3.05, 3.63) is 0 Å². The summed E-state index contributed by atoms with van der Waals surface area (Å²) in [5.41, 5.74) is 5.81. The van der Waals surface area contributed by atoms with E-state index in [1.54, 1.807) is 0 Å². The highest BCUT2D eigenvalue weighted by atomic mass is 32.2. The van der Waals surface area contributed by atoms with Crippen LogP contribution >= 0.6 is 23.5 Å². The van der Waals surface area contributed by atoms with E-state index in [1.807, 2.05) is 23.5 Å². The molecule has 0 amide bonds. The van der Waals surface area contributed by atoms with Crippen molar-refractivity contribution in [2.24, 2.45) is 5.73 Å². The Morgan fingerprint density at radius 3 is 2.29 bits per heavy atom. The van der Waals surface area contributed by atoms with Gasteiger partial charge in [-0.15, -0.1) is 0 Å². The molecule has 2 aliphatic rings. The number of aliphatic hydroxyl groups is 1. The van der Waals surface area contributed by atoms with Crippen molar-refractivity contribution in [1.82, 2.24) is 4.90 Å². The molecule has 0 spiro atoms. The highest BCUT2D eigenvalue weighted by Crippen LogP contribution is 2.23. The molecule has 0 radical (unpaired) electrons. The fourth-order valence-corrected chi connectivity index (χ4v) is 4.58. The van der Waals surface area contributed by atoms with E-state index in [0.717, 1.165) is 13.1 Å². The summed E-state index contributed by atoms with van der Waals surface area (Å²) in [7, 11) is 0. The van der Waals surface area contributed by atoms with Crippen LogP contribution < -0.4 is 5.73 Å². The van der Waals surface area contributed by atoms with E-state index in [-0.39, 0.29) is 12.1 Å². The molecule has 2 saturated heterocycles. The molecule has 3 nitrogen and oxygen atoms in total. The molecule has 0 saturated carbocycles. The molecule has 2 heterocycles. The highest BCUT2D eigenvalue weighted by Gasteiger charge is 2.33. The maximum Gasteiger partial charge on any atom is 0.0830 e. The monoisotopic (exact) mass is 234 g/mol. The maximum atomic E-state index is 9.59. The fourth-order valence-electron chi connectivity index (χ4n) is 1.96. The second-order valence-electron chi connectivity index (χ2n) is 3.99. The van der Waals surface area contributed by atoms with Crippen molar-refractivity contribution in [1.29, 1.82) is 0 Å². The number of rotatable bonds is 1. The van der Waals surface area contributed by atoms with Gasteiger partial charge in [0.15, 0.2) is 0 Å². The van der Waals surface area contributed by atoms with Gasteiger partial charge >= 0.3 is 0 Å². The van der Waals surface area contributed by atoms with Crippen LogP contribution in [0.2, 0.25) is 0 Å². The third-order valence-corrected chi connectivity index (χ3v) is 5.35. The Kier molecular flexibility index (Phi) is 4.01. The van der Waals surface area contributed by atoms with Crippen LogP contribution in [-0.4, -0.2) is 64.3 Å². The summed E-state index contributed by atoms with van der Waals surface area (Å²) in [6.07, 6.45) is -0.312. The number of nitrogens with zero attached hydrogens (tertiary/aromatic N) is 1. The van der Waals surface area contributed by atoms with Crippen molar-refractivity contribution in [2.45, 2.75) is 18.2 Å². The first-order valence-electron chi connectivity index (χ1n) is 5.10. The minimum absolute atomic E-state index is 0.0340. The van der Waals surface area contributed by atoms with Crippen LogP contribution in [0, 0.1) is 0 Å². The first-order chi connectivity index (χ1) is 6.77. The third kappa shape index (κ3) is 2.58. The van der Waals surface area contributed by atoms with E-state index in [2.05, 4.69) is 4.90 Å². The topological polar surface area (TPSA) is 49.5 Å². The first-order valence-corrected chi connectivity index (χ1v) is 7.41. The normalized spacial score (nSPS) is 37.3. The average molecular weight is 234 g/mol. The molecule has 2 aliphatic heterocycles. The van der Waals surface area contributed by atoms with Crippen LogP contribution in [0.15, 0.2) is 0 Å². The molecule has 5 heteroatoms. The Morgan fingerprint density at radius 2 is 1.79 bits per heavy atom. The molecule has 82 valence electrons. The number of β-amino-alcohol motifs (C(OH)–C–C–N with tert-alkyl or cyclic N) is 1. The molecule has 0 unspecified atom stereocenters. The highest BCUT2D eigenvalue weighted by molar-refractivity contribution is 8.03. The van der Waals surface area contributed by atoms with E-state index in [1.165, 1.54) is 23.0 Å². The first kappa shape index (κ1) is 11.1. The number of thioether (sulfide) groups is 2. The van der Waals surface area contributed by atoms with Crippen molar-refractivity contribution in [3.63, 3.8) is 0 Å². The molecular weight excluding hydrogens is 216 g/mol. The van der Waals surface area contributed by atoms with E-state index in [4.69, 9.17) is 5.73 Å². The van der Waals surface area contributed by atoms with Crippen molar-refractivity contribution < 1.29 is 5.11 Å². The number of nitrogens with two attached hydrogens (primary N) is 1. The number of aliphatic hydroxyl groups excluding tert-OH is 1. The van der Waals surface area contributed by atoms with Crippen molar-refractivity contribution in [2.75, 3.05) is 36.1 Å². The summed E-state index contributed by atoms with van der Waals surface area (Å²) < 4.78 is 0. The van der Waals surface area contributed by atoms with Gasteiger partial charge in [0, 0.05) is 48.2 Å². The summed E-state index contributed by atoms with van der Waals surface area (Å²) in [6, 6.07) is 0.587. The van der Waals surface area contributed by atoms with Gasteiger partial charge in [0.25, 0.3) is 0 Å². The van der Waals surface area contributed by atoms with Crippen LogP contribution in [0.25, 0.3) is 0 Å². The summed E-state index contributed by atoms with van der Waals surface area (Å²) in [5.74, 6) is 4.94. The lowest BCUT2D eigenvalue weighted by Gasteiger charge is -2.25. The van der Waals surface area contributed by atoms with Gasteiger partial charge in [-0.05, 0) is 0 Å². The summed E-state index contributed by atoms with van der Waals surface area (Å²) in [6.45, 7) is 1.64. The fraction of sp³-hybridized carbons (Fsp3) is 1.00. The smallest absolute Gasteiger partial charge is 0.0830 e. The van der Waals surface area contributed by atoms with Crippen LogP contribution in [0.1, 0.15) is 0 Å². The lowest BCUT2D eigenvalue weighted by molar-refractivity contribution is 0.159. The molecule has 2 rings (SSSR count). The Morgan fingerprint density at radius 1 is 1.14 bits per heavy atom. The minimum atomic E-state index is -0.312. The van der Waals surface area contributed by atoms with E-state index >= 15 is 0 Å². The van der Waals surface area contributed by atoms with Gasteiger partial charge in [-0.1, -0.05) is 0 Å². The Labute approximate surface area is 93.8 Å². The molecule has 3 N–H and O–H groups in total. The molecule has 0 bridgehead atoms. The van der Waals surface area contributed by atoms with Gasteiger partial charge < -0.3 is 10.8 Å². The second kappa shape index (κ2) is 5.07. The Hall–Kier alpha value is 0.580. The van der Waals surface area contributed by atoms with E-state index in [9.17, 15) is 5.11 Å². The quantitative estimate of drug-likeness (QED) is 0.660. The minimum Gasteiger partial charge on any atom is -0.390 e. The lowest BCUT2D eigenvalue weighted by Crippen LogP contribution is -2.38. The zero-order valence-electron chi connectivity index (χ0n) is 8.26. The van der Waals surface area contributed by atoms with Gasteiger partial charge in [-0.2, -0.15) is 23.5 Å². The molecule has 0 aromatic carbocycles. The predicted octanol–water partition coefficient (Wildman–Crippen LogP) is -0.161. The Balaban J connectivity index is 1.88. The second-order valence-corrected chi connectivity index (χ2v) is 6.29. The summed E-state index contributed by atoms with van der Waals surface area (Å²) >= 11 is 4.06. The van der Waals surface area contributed by atoms with Gasteiger partial charge in [0.05, 0.1) is 6.10 Å². The number of likely N-dealkylation sites (tertiary alicyclic amines) is 1. The van der Waals surface area contributed by atoms with E-state index < -0.39 is 0 Å². The molecular formula is C9H18N2OS2. The zero-order valence-corrected chi connectivity index (χ0v) is 9.90. The van der Waals surface area contributed by atoms with Crippen LogP contribution in [0.4, 0.5) is 0 Å². The van der Waals surface area contributed by atoms with Crippen molar-refractivity contribution >= 4 is 23.5 Å². The number of hydrogen-bond donors (Lipinski definition) is 2. The summed E-state index contributed by atoms with van der Waals surface area (Å²) in [4.78, 5) is 2.36. The van der Waals surface area contributed by atoms with Gasteiger partial charge in [0.1, 0.15) is 0 Å². The van der Waals surface area contributed by atoms with Crippen LogP contribution in [0.3, 0.4) is 0 Å². The maximum absolute atomic E-state index is 9.59. The summed E-state index contributed by atoms with van der Waals surface area (Å²) in [5, 5.41) is 9.59. The lowest BCUT2D eigenvalue weighted by atomic mass is 10.2. The van der Waals surface area contributed by atoms with Crippen LogP contribution in [0.5, 0.6) is 0 Å².